The monoisotopic (exact) mass is 300 g/mol. The van der Waals surface area contributed by atoms with E-state index >= 15 is 0 Å². The molecule has 21 heavy (non-hydrogen) atoms. The number of halogens is 1. The summed E-state index contributed by atoms with van der Waals surface area (Å²) < 4.78 is 0. The first-order chi connectivity index (χ1) is 10.2. The van der Waals surface area contributed by atoms with E-state index in [2.05, 4.69) is 5.32 Å². The van der Waals surface area contributed by atoms with Gasteiger partial charge in [0.1, 0.15) is 0 Å². The number of benzene rings is 2. The van der Waals surface area contributed by atoms with Crippen molar-refractivity contribution in [1.29, 1.82) is 0 Å². The number of carbonyl (C=O) groups excluding carboxylic acids is 1. The lowest BCUT2D eigenvalue weighted by molar-refractivity contribution is 0.206. The lowest BCUT2D eigenvalue weighted by Crippen LogP contribution is -2.36. The van der Waals surface area contributed by atoms with Crippen LogP contribution in [0.25, 0.3) is 0 Å². The minimum absolute atomic E-state index is 0.0522. The Kier molecular flexibility index (Phi) is 4.11. The van der Waals surface area contributed by atoms with Crippen LogP contribution in [-0.4, -0.2) is 17.0 Å². The first kappa shape index (κ1) is 14.0. The maximum atomic E-state index is 12.5. The summed E-state index contributed by atoms with van der Waals surface area (Å²) in [4.78, 5) is 14.4. The maximum Gasteiger partial charge on any atom is 0.322 e. The third-order valence-electron chi connectivity index (χ3n) is 3.54. The molecule has 0 unspecified atom stereocenters. The molecule has 0 spiro atoms. The zero-order chi connectivity index (χ0) is 14.7. The number of amides is 2. The van der Waals surface area contributed by atoms with Crippen molar-refractivity contribution in [2.75, 3.05) is 5.32 Å². The van der Waals surface area contributed by atoms with Crippen LogP contribution in [0.15, 0.2) is 54.6 Å². The van der Waals surface area contributed by atoms with E-state index in [1.807, 2.05) is 47.4 Å². The Labute approximate surface area is 129 Å². The second-order valence-electron chi connectivity index (χ2n) is 5.28. The van der Waals surface area contributed by atoms with Crippen molar-refractivity contribution in [2.24, 2.45) is 0 Å². The smallest absolute Gasteiger partial charge is 0.317 e. The first-order valence-corrected chi connectivity index (χ1v) is 7.47. The Hall–Kier alpha value is -2.00. The summed E-state index contributed by atoms with van der Waals surface area (Å²) in [7, 11) is 0. The Bertz CT molecular complexity index is 608. The summed E-state index contributed by atoms with van der Waals surface area (Å²) in [6, 6.07) is 17.6. The molecule has 0 aromatic heterocycles. The molecule has 1 aliphatic carbocycles. The molecule has 2 aromatic carbocycles. The third kappa shape index (κ3) is 3.76. The molecule has 4 heteroatoms. The van der Waals surface area contributed by atoms with Gasteiger partial charge in [-0.25, -0.2) is 4.79 Å². The van der Waals surface area contributed by atoms with E-state index in [-0.39, 0.29) is 6.03 Å². The summed E-state index contributed by atoms with van der Waals surface area (Å²) in [5, 5.41) is 3.60. The van der Waals surface area contributed by atoms with E-state index in [4.69, 9.17) is 11.6 Å². The molecule has 0 aliphatic heterocycles. The quantitative estimate of drug-likeness (QED) is 0.883. The fourth-order valence-electron chi connectivity index (χ4n) is 2.26. The van der Waals surface area contributed by atoms with Crippen molar-refractivity contribution < 1.29 is 4.79 Å². The molecule has 3 rings (SSSR count). The van der Waals surface area contributed by atoms with E-state index in [0.717, 1.165) is 24.1 Å². The van der Waals surface area contributed by atoms with Crippen molar-refractivity contribution in [1.82, 2.24) is 4.90 Å². The zero-order valence-corrected chi connectivity index (χ0v) is 12.4. The van der Waals surface area contributed by atoms with Crippen LogP contribution < -0.4 is 5.32 Å². The van der Waals surface area contributed by atoms with E-state index in [9.17, 15) is 4.79 Å². The number of urea groups is 1. The maximum absolute atomic E-state index is 12.5. The second kappa shape index (κ2) is 6.19. The van der Waals surface area contributed by atoms with E-state index < -0.39 is 0 Å². The van der Waals surface area contributed by atoms with E-state index in [1.54, 1.807) is 12.1 Å². The minimum Gasteiger partial charge on any atom is -0.317 e. The fraction of sp³-hybridized carbons (Fsp3) is 0.235. The van der Waals surface area contributed by atoms with Crippen molar-refractivity contribution in [3.05, 3.63) is 65.2 Å². The summed E-state index contributed by atoms with van der Waals surface area (Å²) in [5.41, 5.74) is 1.92. The number of hydrogen-bond donors (Lipinski definition) is 1. The molecule has 1 saturated carbocycles. The molecule has 1 aliphatic rings. The SMILES string of the molecule is O=C(Nc1ccc(Cl)cc1)N(Cc1ccccc1)C1CC1. The van der Waals surface area contributed by atoms with Gasteiger partial charge in [0.2, 0.25) is 0 Å². The van der Waals surface area contributed by atoms with Crippen molar-refractivity contribution in [3.8, 4) is 0 Å². The van der Waals surface area contributed by atoms with E-state index in [0.29, 0.717) is 17.6 Å². The van der Waals surface area contributed by atoms with Gasteiger partial charge in [0, 0.05) is 23.3 Å². The predicted octanol–water partition coefficient (Wildman–Crippen LogP) is 4.54. The molecular weight excluding hydrogens is 284 g/mol. The highest BCUT2D eigenvalue weighted by molar-refractivity contribution is 6.30. The Morgan fingerprint density at radius 1 is 1.10 bits per heavy atom. The van der Waals surface area contributed by atoms with Crippen LogP contribution in [0, 0.1) is 0 Å². The average Bonchev–Trinajstić information content (AvgIpc) is 3.33. The number of hydrogen-bond acceptors (Lipinski definition) is 1. The number of rotatable bonds is 4. The zero-order valence-electron chi connectivity index (χ0n) is 11.6. The Balaban J connectivity index is 1.69. The van der Waals surface area contributed by atoms with Crippen molar-refractivity contribution >= 4 is 23.3 Å². The number of nitrogens with zero attached hydrogens (tertiary/aromatic N) is 1. The lowest BCUT2D eigenvalue weighted by Gasteiger charge is -2.23. The van der Waals surface area contributed by atoms with Gasteiger partial charge in [-0.15, -0.1) is 0 Å². The highest BCUT2D eigenvalue weighted by atomic mass is 35.5. The van der Waals surface area contributed by atoms with Crippen molar-refractivity contribution in [3.63, 3.8) is 0 Å². The molecule has 1 fully saturated rings. The molecular formula is C17H17ClN2O. The third-order valence-corrected chi connectivity index (χ3v) is 3.79. The highest BCUT2D eigenvalue weighted by Crippen LogP contribution is 2.29. The van der Waals surface area contributed by atoms with Crippen LogP contribution in [0.2, 0.25) is 5.02 Å². The molecule has 0 radical (unpaired) electrons. The van der Waals surface area contributed by atoms with Crippen molar-refractivity contribution in [2.45, 2.75) is 25.4 Å². The summed E-state index contributed by atoms with van der Waals surface area (Å²) in [6.07, 6.45) is 2.17. The molecule has 2 aromatic rings. The van der Waals surface area contributed by atoms with Crippen LogP contribution in [0.1, 0.15) is 18.4 Å². The molecule has 1 N–H and O–H groups in total. The molecule has 0 atom stereocenters. The predicted molar refractivity (Wildman–Crippen MR) is 85.5 cm³/mol. The molecule has 0 bridgehead atoms. The normalized spacial score (nSPS) is 13.8. The van der Waals surface area contributed by atoms with Gasteiger partial charge in [0.25, 0.3) is 0 Å². The van der Waals surface area contributed by atoms with Gasteiger partial charge in [-0.2, -0.15) is 0 Å². The van der Waals surface area contributed by atoms with Gasteiger partial charge >= 0.3 is 6.03 Å². The summed E-state index contributed by atoms with van der Waals surface area (Å²) in [6.45, 7) is 0.644. The number of anilines is 1. The van der Waals surface area contributed by atoms with Crippen LogP contribution >= 0.6 is 11.6 Å². The molecule has 108 valence electrons. The summed E-state index contributed by atoms with van der Waals surface area (Å²) >= 11 is 5.86. The standard InChI is InChI=1S/C17H17ClN2O/c18-14-6-8-15(9-7-14)19-17(21)20(16-10-11-16)12-13-4-2-1-3-5-13/h1-9,16H,10-12H2,(H,19,21). The van der Waals surface area contributed by atoms with Gasteiger partial charge in [0.05, 0.1) is 0 Å². The first-order valence-electron chi connectivity index (χ1n) is 7.09. The van der Waals surface area contributed by atoms with Gasteiger partial charge in [-0.1, -0.05) is 41.9 Å². The number of carbonyl (C=O) groups is 1. The van der Waals surface area contributed by atoms with Crippen LogP contribution in [0.5, 0.6) is 0 Å². The van der Waals surface area contributed by atoms with Gasteiger partial charge in [-0.05, 0) is 42.7 Å². The molecule has 2 amide bonds. The van der Waals surface area contributed by atoms with Gasteiger partial charge in [-0.3, -0.25) is 0 Å². The fourth-order valence-corrected chi connectivity index (χ4v) is 2.39. The van der Waals surface area contributed by atoms with Gasteiger partial charge < -0.3 is 10.2 Å². The Morgan fingerprint density at radius 3 is 2.38 bits per heavy atom. The topological polar surface area (TPSA) is 32.3 Å². The highest BCUT2D eigenvalue weighted by Gasteiger charge is 2.32. The Morgan fingerprint density at radius 2 is 1.76 bits per heavy atom. The van der Waals surface area contributed by atoms with E-state index in [1.165, 1.54) is 0 Å². The molecule has 3 nitrogen and oxygen atoms in total. The molecule has 0 saturated heterocycles. The second-order valence-corrected chi connectivity index (χ2v) is 5.72. The van der Waals surface area contributed by atoms with Gasteiger partial charge in [0.15, 0.2) is 0 Å². The number of nitrogens with one attached hydrogen (secondary N) is 1. The van der Waals surface area contributed by atoms with Crippen LogP contribution in [-0.2, 0) is 6.54 Å². The van der Waals surface area contributed by atoms with Crippen LogP contribution in [0.3, 0.4) is 0 Å². The minimum atomic E-state index is -0.0522. The average molecular weight is 301 g/mol. The summed E-state index contributed by atoms with van der Waals surface area (Å²) in [5.74, 6) is 0. The molecule has 0 heterocycles. The largest absolute Gasteiger partial charge is 0.322 e. The lowest BCUT2D eigenvalue weighted by atomic mass is 10.2. The van der Waals surface area contributed by atoms with Crippen LogP contribution in [0.4, 0.5) is 10.5 Å².